The van der Waals surface area contributed by atoms with Crippen molar-refractivity contribution in [3.05, 3.63) is 0 Å². The van der Waals surface area contributed by atoms with Gasteiger partial charge in [0.25, 0.3) is 0 Å². The van der Waals surface area contributed by atoms with Crippen LogP contribution < -0.4 is 5.73 Å². The van der Waals surface area contributed by atoms with Crippen molar-refractivity contribution in [2.75, 3.05) is 26.4 Å². The monoisotopic (exact) mass is 247 g/mol. The van der Waals surface area contributed by atoms with Crippen molar-refractivity contribution in [3.63, 3.8) is 0 Å². The normalized spacial score (nSPS) is 13.1. The quantitative estimate of drug-likeness (QED) is 0.577. The summed E-state index contributed by atoms with van der Waals surface area (Å²) in [6.07, 6.45) is 2.42. The summed E-state index contributed by atoms with van der Waals surface area (Å²) >= 11 is 0. The van der Waals surface area contributed by atoms with Gasteiger partial charge < -0.3 is 20.3 Å². The van der Waals surface area contributed by atoms with Crippen molar-refractivity contribution in [2.24, 2.45) is 5.73 Å². The maximum absolute atomic E-state index is 9.45. The third-order valence-corrected chi connectivity index (χ3v) is 2.33. The molecular formula is C13H29NO3. The standard InChI is InChI=1S/C13H29NO3/c1-12(2,14)6-10-16-8-5-9-17-11-7-13(3,4)15/h15H,5-11,14H2,1-4H3. The molecule has 0 aliphatic heterocycles. The molecule has 0 aromatic carbocycles. The largest absolute Gasteiger partial charge is 0.390 e. The zero-order valence-electron chi connectivity index (χ0n) is 11.8. The summed E-state index contributed by atoms with van der Waals surface area (Å²) in [5.74, 6) is 0. The molecule has 0 rings (SSSR count). The molecule has 0 aliphatic carbocycles. The van der Waals surface area contributed by atoms with Crippen LogP contribution in [0.5, 0.6) is 0 Å². The molecule has 0 aliphatic rings. The number of rotatable bonds is 10. The van der Waals surface area contributed by atoms with Crippen LogP contribution in [-0.4, -0.2) is 42.7 Å². The SMILES string of the molecule is CC(C)(N)CCOCCCOCCC(C)(C)O. The lowest BCUT2D eigenvalue weighted by Crippen LogP contribution is -2.33. The fraction of sp³-hybridized carbons (Fsp3) is 1.00. The summed E-state index contributed by atoms with van der Waals surface area (Å²) in [6, 6.07) is 0. The predicted octanol–water partition coefficient (Wildman–Crippen LogP) is 1.70. The summed E-state index contributed by atoms with van der Waals surface area (Å²) in [6.45, 7) is 10.3. The highest BCUT2D eigenvalue weighted by Crippen LogP contribution is 2.06. The van der Waals surface area contributed by atoms with Crippen LogP contribution in [0.4, 0.5) is 0 Å². The van der Waals surface area contributed by atoms with Gasteiger partial charge in [0.1, 0.15) is 0 Å². The van der Waals surface area contributed by atoms with Gasteiger partial charge in [0, 0.05) is 32.0 Å². The summed E-state index contributed by atoms with van der Waals surface area (Å²) in [7, 11) is 0. The van der Waals surface area contributed by atoms with Gasteiger partial charge in [0.2, 0.25) is 0 Å². The van der Waals surface area contributed by atoms with Gasteiger partial charge in [-0.25, -0.2) is 0 Å². The second kappa shape index (κ2) is 8.03. The Kier molecular flexibility index (Phi) is 7.96. The van der Waals surface area contributed by atoms with Crippen molar-refractivity contribution in [1.82, 2.24) is 0 Å². The Hall–Kier alpha value is -0.160. The van der Waals surface area contributed by atoms with Crippen LogP contribution in [0.1, 0.15) is 47.0 Å². The highest BCUT2D eigenvalue weighted by molar-refractivity contribution is 4.70. The fourth-order valence-electron chi connectivity index (χ4n) is 1.12. The first-order valence-electron chi connectivity index (χ1n) is 6.37. The average molecular weight is 247 g/mol. The van der Waals surface area contributed by atoms with E-state index in [4.69, 9.17) is 15.2 Å². The van der Waals surface area contributed by atoms with Crippen LogP contribution in [0.15, 0.2) is 0 Å². The van der Waals surface area contributed by atoms with E-state index in [1.807, 2.05) is 13.8 Å². The molecule has 0 aromatic rings. The molecule has 0 radical (unpaired) electrons. The topological polar surface area (TPSA) is 64.7 Å². The molecule has 0 amide bonds. The van der Waals surface area contributed by atoms with Gasteiger partial charge in [-0.1, -0.05) is 0 Å². The summed E-state index contributed by atoms with van der Waals surface area (Å²) in [4.78, 5) is 0. The zero-order valence-corrected chi connectivity index (χ0v) is 11.8. The Balaban J connectivity index is 3.15. The lowest BCUT2D eigenvalue weighted by atomic mass is 10.0. The van der Waals surface area contributed by atoms with Crippen LogP contribution in [0, 0.1) is 0 Å². The van der Waals surface area contributed by atoms with Gasteiger partial charge in [-0.2, -0.15) is 0 Å². The minimum atomic E-state index is -0.636. The van der Waals surface area contributed by atoms with Gasteiger partial charge in [0.05, 0.1) is 5.60 Å². The number of nitrogens with two attached hydrogens (primary N) is 1. The van der Waals surface area contributed by atoms with Crippen LogP contribution in [0.25, 0.3) is 0 Å². The molecule has 4 heteroatoms. The van der Waals surface area contributed by atoms with Gasteiger partial charge in [-0.05, 0) is 47.0 Å². The molecule has 0 saturated carbocycles. The molecule has 104 valence electrons. The zero-order chi connectivity index (χ0) is 13.4. The Morgan fingerprint density at radius 2 is 1.35 bits per heavy atom. The van der Waals surface area contributed by atoms with Crippen LogP contribution in [-0.2, 0) is 9.47 Å². The first-order chi connectivity index (χ1) is 7.71. The number of hydrogen-bond donors (Lipinski definition) is 2. The van der Waals surface area contributed by atoms with Gasteiger partial charge in [-0.15, -0.1) is 0 Å². The van der Waals surface area contributed by atoms with Crippen molar-refractivity contribution in [1.29, 1.82) is 0 Å². The summed E-state index contributed by atoms with van der Waals surface area (Å²) < 4.78 is 10.8. The molecule has 0 bridgehead atoms. The second-order valence-electron chi connectivity index (χ2n) is 5.88. The average Bonchev–Trinajstić information content (AvgIpc) is 2.11. The van der Waals surface area contributed by atoms with E-state index in [0.29, 0.717) is 32.8 Å². The molecule has 0 aromatic heterocycles. The number of aliphatic hydroxyl groups is 1. The molecule has 17 heavy (non-hydrogen) atoms. The molecule has 0 spiro atoms. The van der Waals surface area contributed by atoms with E-state index < -0.39 is 5.60 Å². The number of ether oxygens (including phenoxy) is 2. The predicted molar refractivity (Wildman–Crippen MR) is 70.1 cm³/mol. The number of hydrogen-bond acceptors (Lipinski definition) is 4. The maximum Gasteiger partial charge on any atom is 0.0613 e. The minimum Gasteiger partial charge on any atom is -0.390 e. The first-order valence-corrected chi connectivity index (χ1v) is 6.37. The Morgan fingerprint density at radius 1 is 0.882 bits per heavy atom. The van der Waals surface area contributed by atoms with Crippen molar-refractivity contribution in [3.8, 4) is 0 Å². The third kappa shape index (κ3) is 15.8. The van der Waals surface area contributed by atoms with Crippen molar-refractivity contribution < 1.29 is 14.6 Å². The van der Waals surface area contributed by atoms with Gasteiger partial charge >= 0.3 is 0 Å². The van der Waals surface area contributed by atoms with E-state index in [-0.39, 0.29) is 5.54 Å². The summed E-state index contributed by atoms with van der Waals surface area (Å²) in [5.41, 5.74) is 5.04. The molecule has 0 unspecified atom stereocenters. The van der Waals surface area contributed by atoms with E-state index in [1.54, 1.807) is 13.8 Å². The molecule has 0 heterocycles. The lowest BCUT2D eigenvalue weighted by molar-refractivity contribution is 0.0215. The van der Waals surface area contributed by atoms with E-state index in [0.717, 1.165) is 12.8 Å². The van der Waals surface area contributed by atoms with Crippen LogP contribution >= 0.6 is 0 Å². The molecule has 0 saturated heterocycles. The maximum atomic E-state index is 9.45. The molecule has 4 nitrogen and oxygen atoms in total. The molecule has 0 atom stereocenters. The Bertz CT molecular complexity index is 162. The highest BCUT2D eigenvalue weighted by Gasteiger charge is 2.11. The smallest absolute Gasteiger partial charge is 0.0613 e. The Morgan fingerprint density at radius 3 is 1.76 bits per heavy atom. The van der Waals surface area contributed by atoms with E-state index in [1.165, 1.54) is 0 Å². The Labute approximate surface area is 105 Å². The fourth-order valence-corrected chi connectivity index (χ4v) is 1.12. The molecule has 3 N–H and O–H groups in total. The summed E-state index contributed by atoms with van der Waals surface area (Å²) in [5, 5.41) is 9.45. The van der Waals surface area contributed by atoms with Crippen LogP contribution in [0.2, 0.25) is 0 Å². The van der Waals surface area contributed by atoms with Crippen LogP contribution in [0.3, 0.4) is 0 Å². The van der Waals surface area contributed by atoms with Gasteiger partial charge in [0.15, 0.2) is 0 Å². The second-order valence-corrected chi connectivity index (χ2v) is 5.88. The lowest BCUT2D eigenvalue weighted by Gasteiger charge is -2.18. The highest BCUT2D eigenvalue weighted by atomic mass is 16.5. The third-order valence-electron chi connectivity index (χ3n) is 2.33. The van der Waals surface area contributed by atoms with E-state index in [9.17, 15) is 5.11 Å². The van der Waals surface area contributed by atoms with E-state index in [2.05, 4.69) is 0 Å². The van der Waals surface area contributed by atoms with Crippen molar-refractivity contribution >= 4 is 0 Å². The molecular weight excluding hydrogens is 218 g/mol. The van der Waals surface area contributed by atoms with E-state index >= 15 is 0 Å². The van der Waals surface area contributed by atoms with Gasteiger partial charge in [-0.3, -0.25) is 0 Å². The first kappa shape index (κ1) is 16.8. The minimum absolute atomic E-state index is 0.150. The molecule has 0 fully saturated rings. The van der Waals surface area contributed by atoms with Crippen molar-refractivity contribution in [2.45, 2.75) is 58.1 Å².